The lowest BCUT2D eigenvalue weighted by Crippen LogP contribution is -2.40. The van der Waals surface area contributed by atoms with Gasteiger partial charge in [-0.15, -0.1) is 0 Å². The van der Waals surface area contributed by atoms with Crippen molar-refractivity contribution in [3.8, 4) is 0 Å². The first-order valence-electron chi connectivity index (χ1n) is 6.45. The maximum Gasteiger partial charge on any atom is 0.127 e. The number of nitrogens with two attached hydrogens (primary N) is 1. The van der Waals surface area contributed by atoms with Crippen molar-refractivity contribution in [1.29, 1.82) is 0 Å². The van der Waals surface area contributed by atoms with Crippen molar-refractivity contribution in [3.05, 3.63) is 24.0 Å². The van der Waals surface area contributed by atoms with Crippen LogP contribution in [0.25, 0.3) is 0 Å². The van der Waals surface area contributed by atoms with E-state index in [1.165, 1.54) is 25.0 Å². The monoisotopic (exact) mass is 251 g/mol. The topological polar surface area (TPSA) is 41.3 Å². The average Bonchev–Trinajstić information content (AvgIpc) is 2.30. The predicted octanol–water partition coefficient (Wildman–Crippen LogP) is 2.55. The molecular formula is C14H22FN3. The molecule has 0 radical (unpaired) electrons. The highest BCUT2D eigenvalue weighted by Crippen LogP contribution is 2.30. The highest BCUT2D eigenvalue weighted by atomic mass is 19.1. The van der Waals surface area contributed by atoms with Gasteiger partial charge >= 0.3 is 0 Å². The fourth-order valence-corrected chi connectivity index (χ4v) is 2.36. The Morgan fingerprint density at radius 2 is 2.00 bits per heavy atom. The van der Waals surface area contributed by atoms with Crippen molar-refractivity contribution in [3.63, 3.8) is 0 Å². The quantitative estimate of drug-likeness (QED) is 0.811. The summed E-state index contributed by atoms with van der Waals surface area (Å²) in [5, 5.41) is 3.31. The molecule has 0 atom stereocenters. The Morgan fingerprint density at radius 3 is 2.61 bits per heavy atom. The number of hydrogen-bond donors (Lipinski definition) is 2. The van der Waals surface area contributed by atoms with Crippen LogP contribution in [0.1, 0.15) is 19.8 Å². The fourth-order valence-electron chi connectivity index (χ4n) is 2.36. The van der Waals surface area contributed by atoms with Crippen LogP contribution in [-0.4, -0.2) is 31.6 Å². The minimum Gasteiger partial charge on any atom is -0.399 e. The van der Waals surface area contributed by atoms with Crippen LogP contribution >= 0.6 is 0 Å². The summed E-state index contributed by atoms with van der Waals surface area (Å²) < 4.78 is 13.2. The van der Waals surface area contributed by atoms with E-state index in [0.29, 0.717) is 5.69 Å². The maximum absolute atomic E-state index is 13.2. The standard InChI is InChI=1S/C14H22FN3/c1-14(3-5-18(2)6-4-14)10-17-13-8-11(15)7-12(16)9-13/h7-9,17H,3-6,10,16H2,1-2H3. The molecule has 0 unspecified atom stereocenters. The highest BCUT2D eigenvalue weighted by Gasteiger charge is 2.28. The van der Waals surface area contributed by atoms with Gasteiger partial charge < -0.3 is 16.0 Å². The molecule has 0 spiro atoms. The second-order valence-electron chi connectivity index (χ2n) is 5.74. The molecule has 18 heavy (non-hydrogen) atoms. The molecule has 1 saturated heterocycles. The number of nitrogens with one attached hydrogen (secondary N) is 1. The zero-order valence-electron chi connectivity index (χ0n) is 11.2. The van der Waals surface area contributed by atoms with Crippen molar-refractivity contribution >= 4 is 11.4 Å². The van der Waals surface area contributed by atoms with E-state index in [1.54, 1.807) is 6.07 Å². The minimum atomic E-state index is -0.286. The summed E-state index contributed by atoms with van der Waals surface area (Å²) in [5.41, 5.74) is 7.15. The first-order chi connectivity index (χ1) is 8.47. The molecule has 1 fully saturated rings. The molecule has 0 aromatic heterocycles. The van der Waals surface area contributed by atoms with Gasteiger partial charge in [0.05, 0.1) is 0 Å². The average molecular weight is 251 g/mol. The summed E-state index contributed by atoms with van der Waals surface area (Å²) in [5.74, 6) is -0.286. The van der Waals surface area contributed by atoms with Crippen molar-refractivity contribution in [2.24, 2.45) is 5.41 Å². The molecular weight excluding hydrogens is 229 g/mol. The smallest absolute Gasteiger partial charge is 0.127 e. The van der Waals surface area contributed by atoms with Gasteiger partial charge in [-0.1, -0.05) is 6.92 Å². The van der Waals surface area contributed by atoms with Gasteiger partial charge in [-0.25, -0.2) is 4.39 Å². The van der Waals surface area contributed by atoms with E-state index in [2.05, 4.69) is 24.2 Å². The summed E-state index contributed by atoms with van der Waals surface area (Å²) in [6.45, 7) is 5.41. The molecule has 4 heteroatoms. The molecule has 100 valence electrons. The van der Waals surface area contributed by atoms with Crippen molar-refractivity contribution in [2.45, 2.75) is 19.8 Å². The van der Waals surface area contributed by atoms with E-state index in [0.717, 1.165) is 25.3 Å². The van der Waals surface area contributed by atoms with E-state index < -0.39 is 0 Å². The predicted molar refractivity (Wildman–Crippen MR) is 74.1 cm³/mol. The first-order valence-corrected chi connectivity index (χ1v) is 6.45. The summed E-state index contributed by atoms with van der Waals surface area (Å²) >= 11 is 0. The Hall–Kier alpha value is -1.29. The van der Waals surface area contributed by atoms with Crippen molar-refractivity contribution < 1.29 is 4.39 Å². The van der Waals surface area contributed by atoms with Gasteiger partial charge in [0, 0.05) is 17.9 Å². The third-order valence-corrected chi connectivity index (χ3v) is 3.83. The van der Waals surface area contributed by atoms with E-state index in [1.807, 2.05) is 0 Å². The molecule has 3 nitrogen and oxygen atoms in total. The van der Waals surface area contributed by atoms with Crippen molar-refractivity contribution in [2.75, 3.05) is 37.7 Å². The van der Waals surface area contributed by atoms with Crippen molar-refractivity contribution in [1.82, 2.24) is 4.90 Å². The number of benzene rings is 1. The zero-order chi connectivity index (χ0) is 13.2. The molecule has 1 aliphatic rings. The van der Waals surface area contributed by atoms with Gasteiger partial charge in [0.25, 0.3) is 0 Å². The molecule has 3 N–H and O–H groups in total. The molecule has 2 rings (SSSR count). The number of hydrogen-bond acceptors (Lipinski definition) is 3. The number of nitrogen functional groups attached to an aromatic ring is 1. The third kappa shape index (κ3) is 3.35. The summed E-state index contributed by atoms with van der Waals surface area (Å²) in [6, 6.07) is 4.61. The largest absolute Gasteiger partial charge is 0.399 e. The lowest BCUT2D eigenvalue weighted by molar-refractivity contribution is 0.150. The summed E-state index contributed by atoms with van der Waals surface area (Å²) in [4.78, 5) is 2.35. The Kier molecular flexibility index (Phi) is 3.76. The molecule has 0 bridgehead atoms. The van der Waals surface area contributed by atoms with Gasteiger partial charge in [-0.05, 0) is 56.6 Å². The van der Waals surface area contributed by atoms with Crippen LogP contribution in [0.3, 0.4) is 0 Å². The van der Waals surface area contributed by atoms with E-state index in [9.17, 15) is 4.39 Å². The molecule has 1 aromatic carbocycles. The SMILES string of the molecule is CN1CCC(C)(CNc2cc(N)cc(F)c2)CC1. The molecule has 1 heterocycles. The van der Waals surface area contributed by atoms with Crippen LogP contribution in [0, 0.1) is 11.2 Å². The van der Waals surface area contributed by atoms with Crippen LogP contribution in [-0.2, 0) is 0 Å². The Balaban J connectivity index is 1.94. The Labute approximate surface area is 108 Å². The number of rotatable bonds is 3. The highest BCUT2D eigenvalue weighted by molar-refractivity contribution is 5.54. The number of nitrogens with zero attached hydrogens (tertiary/aromatic N) is 1. The number of halogens is 1. The first kappa shape index (κ1) is 13.1. The van der Waals surface area contributed by atoms with E-state index in [-0.39, 0.29) is 11.2 Å². The van der Waals surface area contributed by atoms with E-state index in [4.69, 9.17) is 5.73 Å². The lowest BCUT2D eigenvalue weighted by atomic mass is 9.80. The van der Waals surface area contributed by atoms with Gasteiger partial charge in [0.2, 0.25) is 0 Å². The van der Waals surface area contributed by atoms with Crippen LogP contribution in [0.2, 0.25) is 0 Å². The lowest BCUT2D eigenvalue weighted by Gasteiger charge is -2.38. The second-order valence-corrected chi connectivity index (χ2v) is 5.74. The molecule has 0 saturated carbocycles. The minimum absolute atomic E-state index is 0.285. The summed E-state index contributed by atoms with van der Waals surface area (Å²) in [6.07, 6.45) is 2.34. The fraction of sp³-hybridized carbons (Fsp3) is 0.571. The van der Waals surface area contributed by atoms with Crippen LogP contribution in [0.15, 0.2) is 18.2 Å². The zero-order valence-corrected chi connectivity index (χ0v) is 11.2. The Bertz CT molecular complexity index is 391. The van der Waals surface area contributed by atoms with E-state index >= 15 is 0 Å². The van der Waals surface area contributed by atoms with Gasteiger partial charge in [0.15, 0.2) is 0 Å². The number of piperidine rings is 1. The maximum atomic E-state index is 13.2. The van der Waals surface area contributed by atoms with Crippen LogP contribution < -0.4 is 11.1 Å². The molecule has 0 amide bonds. The Morgan fingerprint density at radius 1 is 1.33 bits per heavy atom. The summed E-state index contributed by atoms with van der Waals surface area (Å²) in [7, 11) is 2.15. The number of likely N-dealkylation sites (tertiary alicyclic amines) is 1. The molecule has 0 aliphatic carbocycles. The van der Waals surface area contributed by atoms with Gasteiger partial charge in [-0.3, -0.25) is 0 Å². The van der Waals surface area contributed by atoms with Gasteiger partial charge in [0.1, 0.15) is 5.82 Å². The van der Waals surface area contributed by atoms with Gasteiger partial charge in [-0.2, -0.15) is 0 Å². The van der Waals surface area contributed by atoms with Crippen LogP contribution in [0.5, 0.6) is 0 Å². The molecule has 1 aromatic rings. The third-order valence-electron chi connectivity index (χ3n) is 3.83. The number of anilines is 2. The molecule has 1 aliphatic heterocycles. The normalized spacial score (nSPS) is 19.7. The second kappa shape index (κ2) is 5.14. The van der Waals surface area contributed by atoms with Crippen LogP contribution in [0.4, 0.5) is 15.8 Å².